The monoisotopic (exact) mass is 281 g/mol. The average Bonchev–Trinajstić information content (AvgIpc) is 2.49. The van der Waals surface area contributed by atoms with E-state index in [1.165, 1.54) is 0 Å². The van der Waals surface area contributed by atoms with E-state index in [0.717, 1.165) is 24.3 Å². The Bertz CT molecular complexity index is 370. The first kappa shape index (κ1) is 17.0. The normalized spacial score (nSPS) is 14.0. The number of ether oxygens (including phenoxy) is 2. The molecule has 1 rings (SSSR count). The molecule has 0 radical (unpaired) electrons. The van der Waals surface area contributed by atoms with Gasteiger partial charge in [0.2, 0.25) is 0 Å². The molecule has 20 heavy (non-hydrogen) atoms. The van der Waals surface area contributed by atoms with Gasteiger partial charge in [0, 0.05) is 18.2 Å². The van der Waals surface area contributed by atoms with Crippen molar-refractivity contribution in [1.29, 1.82) is 0 Å². The molecular weight excluding hydrogens is 254 g/mol. The number of aliphatic hydroxyl groups excluding tert-OH is 1. The first-order chi connectivity index (χ1) is 9.72. The summed E-state index contributed by atoms with van der Waals surface area (Å²) in [7, 11) is 0. The number of nitrogens with one attached hydrogen (secondary N) is 1. The topological polar surface area (TPSA) is 50.7 Å². The third kappa shape index (κ3) is 5.49. The molecule has 0 aliphatic rings. The SMILES string of the molecule is CCNC(CC)c1ccccc1OCC(O)COCC. The van der Waals surface area contributed by atoms with Crippen molar-refractivity contribution in [3.05, 3.63) is 29.8 Å². The molecule has 0 aromatic heterocycles. The fraction of sp³-hybridized carbons (Fsp3) is 0.625. The van der Waals surface area contributed by atoms with Gasteiger partial charge in [-0.25, -0.2) is 0 Å². The van der Waals surface area contributed by atoms with E-state index in [2.05, 4.69) is 25.2 Å². The van der Waals surface area contributed by atoms with Crippen molar-refractivity contribution in [2.24, 2.45) is 0 Å². The van der Waals surface area contributed by atoms with Gasteiger partial charge < -0.3 is 19.9 Å². The van der Waals surface area contributed by atoms with Crippen LogP contribution in [0.15, 0.2) is 24.3 Å². The lowest BCUT2D eigenvalue weighted by Gasteiger charge is -2.21. The summed E-state index contributed by atoms with van der Waals surface area (Å²) in [5.74, 6) is 0.829. The second kappa shape index (κ2) is 9.75. The molecular formula is C16H27NO3. The van der Waals surface area contributed by atoms with Gasteiger partial charge in [-0.15, -0.1) is 0 Å². The highest BCUT2D eigenvalue weighted by Crippen LogP contribution is 2.27. The van der Waals surface area contributed by atoms with E-state index in [4.69, 9.17) is 9.47 Å². The quantitative estimate of drug-likeness (QED) is 0.692. The summed E-state index contributed by atoms with van der Waals surface area (Å²) < 4.78 is 10.9. The highest BCUT2D eigenvalue weighted by Gasteiger charge is 2.14. The molecule has 0 fully saturated rings. The summed E-state index contributed by atoms with van der Waals surface area (Å²) in [4.78, 5) is 0. The average molecular weight is 281 g/mol. The number of rotatable bonds is 10. The van der Waals surface area contributed by atoms with Crippen LogP contribution < -0.4 is 10.1 Å². The number of hydrogen-bond donors (Lipinski definition) is 2. The lowest BCUT2D eigenvalue weighted by atomic mass is 10.0. The largest absolute Gasteiger partial charge is 0.490 e. The minimum atomic E-state index is -0.595. The predicted molar refractivity (Wildman–Crippen MR) is 81.1 cm³/mol. The van der Waals surface area contributed by atoms with E-state index < -0.39 is 6.10 Å². The molecule has 0 saturated heterocycles. The standard InChI is InChI=1S/C16H27NO3/c1-4-15(17-5-2)14-9-7-8-10-16(14)20-12-13(18)11-19-6-3/h7-10,13,15,17-18H,4-6,11-12H2,1-3H3. The number of aliphatic hydroxyl groups is 1. The van der Waals surface area contributed by atoms with Crippen molar-refractivity contribution >= 4 is 0 Å². The zero-order valence-electron chi connectivity index (χ0n) is 12.8. The van der Waals surface area contributed by atoms with Crippen LogP contribution in [0.4, 0.5) is 0 Å². The van der Waals surface area contributed by atoms with Gasteiger partial charge in [0.15, 0.2) is 0 Å². The van der Waals surface area contributed by atoms with Gasteiger partial charge in [-0.1, -0.05) is 32.0 Å². The van der Waals surface area contributed by atoms with E-state index in [9.17, 15) is 5.11 Å². The van der Waals surface area contributed by atoms with Gasteiger partial charge in [-0.3, -0.25) is 0 Å². The van der Waals surface area contributed by atoms with Crippen molar-refractivity contribution in [2.45, 2.75) is 39.3 Å². The zero-order valence-corrected chi connectivity index (χ0v) is 12.8. The molecule has 114 valence electrons. The minimum absolute atomic E-state index is 0.250. The van der Waals surface area contributed by atoms with Crippen LogP contribution in [-0.4, -0.2) is 37.6 Å². The second-order valence-corrected chi connectivity index (χ2v) is 4.68. The molecule has 0 bridgehead atoms. The van der Waals surface area contributed by atoms with Crippen LogP contribution in [0.1, 0.15) is 38.8 Å². The van der Waals surface area contributed by atoms with Crippen molar-refractivity contribution in [2.75, 3.05) is 26.4 Å². The minimum Gasteiger partial charge on any atom is -0.490 e. The molecule has 4 nitrogen and oxygen atoms in total. The van der Waals surface area contributed by atoms with Crippen LogP contribution in [0.5, 0.6) is 5.75 Å². The first-order valence-electron chi connectivity index (χ1n) is 7.43. The highest BCUT2D eigenvalue weighted by molar-refractivity contribution is 5.36. The van der Waals surface area contributed by atoms with Crippen LogP contribution in [0.2, 0.25) is 0 Å². The van der Waals surface area contributed by atoms with Crippen LogP contribution in [-0.2, 0) is 4.74 Å². The molecule has 0 saturated carbocycles. The Hall–Kier alpha value is -1.10. The first-order valence-corrected chi connectivity index (χ1v) is 7.43. The smallest absolute Gasteiger partial charge is 0.124 e. The Labute approximate surface area is 122 Å². The van der Waals surface area contributed by atoms with Crippen molar-refractivity contribution < 1.29 is 14.6 Å². The Morgan fingerprint density at radius 2 is 1.90 bits per heavy atom. The molecule has 1 aromatic rings. The maximum atomic E-state index is 9.77. The lowest BCUT2D eigenvalue weighted by Crippen LogP contribution is -2.25. The third-order valence-corrected chi connectivity index (χ3v) is 3.10. The molecule has 0 heterocycles. The third-order valence-electron chi connectivity index (χ3n) is 3.10. The van der Waals surface area contributed by atoms with Crippen LogP contribution >= 0.6 is 0 Å². The van der Waals surface area contributed by atoms with Gasteiger partial charge in [0.1, 0.15) is 18.5 Å². The summed E-state index contributed by atoms with van der Waals surface area (Å²) in [5.41, 5.74) is 1.14. The van der Waals surface area contributed by atoms with E-state index in [1.54, 1.807) is 0 Å². The molecule has 2 unspecified atom stereocenters. The maximum absolute atomic E-state index is 9.77. The Morgan fingerprint density at radius 3 is 2.55 bits per heavy atom. The summed E-state index contributed by atoms with van der Waals surface area (Å²) in [6.07, 6.45) is 0.401. The molecule has 2 atom stereocenters. The Kier molecular flexibility index (Phi) is 8.26. The predicted octanol–water partition coefficient (Wildman–Crippen LogP) is 2.52. The lowest BCUT2D eigenvalue weighted by molar-refractivity contribution is 0.0161. The maximum Gasteiger partial charge on any atom is 0.124 e. The molecule has 0 amide bonds. The molecule has 0 aliphatic carbocycles. The van der Waals surface area contributed by atoms with Crippen LogP contribution in [0.25, 0.3) is 0 Å². The molecule has 0 spiro atoms. The number of para-hydroxylation sites is 1. The summed E-state index contributed by atoms with van der Waals surface area (Å²) >= 11 is 0. The van der Waals surface area contributed by atoms with E-state index >= 15 is 0 Å². The Morgan fingerprint density at radius 1 is 1.15 bits per heavy atom. The number of benzene rings is 1. The van der Waals surface area contributed by atoms with Gasteiger partial charge in [-0.2, -0.15) is 0 Å². The highest BCUT2D eigenvalue weighted by atomic mass is 16.5. The fourth-order valence-corrected chi connectivity index (χ4v) is 2.11. The van der Waals surface area contributed by atoms with Gasteiger partial charge >= 0.3 is 0 Å². The van der Waals surface area contributed by atoms with Gasteiger partial charge in [0.05, 0.1) is 6.61 Å². The van der Waals surface area contributed by atoms with Crippen LogP contribution in [0.3, 0.4) is 0 Å². The van der Waals surface area contributed by atoms with Crippen molar-refractivity contribution in [1.82, 2.24) is 5.32 Å². The molecule has 1 aromatic carbocycles. The zero-order chi connectivity index (χ0) is 14.8. The summed E-state index contributed by atoms with van der Waals surface area (Å²) in [6.45, 7) is 8.23. The van der Waals surface area contributed by atoms with Gasteiger partial charge in [-0.05, 0) is 26.0 Å². The molecule has 2 N–H and O–H groups in total. The molecule has 0 aliphatic heterocycles. The van der Waals surface area contributed by atoms with E-state index in [0.29, 0.717) is 13.2 Å². The Balaban J connectivity index is 2.65. The second-order valence-electron chi connectivity index (χ2n) is 4.68. The summed E-state index contributed by atoms with van der Waals surface area (Å²) in [6, 6.07) is 8.26. The van der Waals surface area contributed by atoms with Crippen molar-refractivity contribution in [3.8, 4) is 5.75 Å². The summed E-state index contributed by atoms with van der Waals surface area (Å²) in [5, 5.41) is 13.2. The van der Waals surface area contributed by atoms with Gasteiger partial charge in [0.25, 0.3) is 0 Å². The van der Waals surface area contributed by atoms with E-state index in [-0.39, 0.29) is 12.6 Å². The number of hydrogen-bond acceptors (Lipinski definition) is 4. The fourth-order valence-electron chi connectivity index (χ4n) is 2.11. The van der Waals surface area contributed by atoms with E-state index in [1.807, 2.05) is 25.1 Å². The van der Waals surface area contributed by atoms with Crippen molar-refractivity contribution in [3.63, 3.8) is 0 Å². The molecule has 4 heteroatoms. The van der Waals surface area contributed by atoms with Crippen LogP contribution in [0, 0.1) is 0 Å².